The number of halogens is 3. The fourth-order valence-electron chi connectivity index (χ4n) is 2.56. The van der Waals surface area contributed by atoms with Gasteiger partial charge in [0.15, 0.2) is 10.9 Å². The maximum atomic E-state index is 12.4. The molecule has 1 amide bonds. The number of carbonyl (C=O) groups excluding carboxylic acids is 1. The summed E-state index contributed by atoms with van der Waals surface area (Å²) in [4.78, 5) is 16.7. The van der Waals surface area contributed by atoms with Crippen molar-refractivity contribution in [3.8, 4) is 11.5 Å². The van der Waals surface area contributed by atoms with Gasteiger partial charge in [0.1, 0.15) is 23.9 Å². The van der Waals surface area contributed by atoms with Crippen LogP contribution in [0.1, 0.15) is 16.3 Å². The first-order valence-electron chi connectivity index (χ1n) is 8.60. The van der Waals surface area contributed by atoms with E-state index in [2.05, 4.69) is 37.6 Å². The van der Waals surface area contributed by atoms with Crippen molar-refractivity contribution in [2.75, 3.05) is 5.32 Å². The van der Waals surface area contributed by atoms with Gasteiger partial charge in [0.25, 0.3) is 5.91 Å². The summed E-state index contributed by atoms with van der Waals surface area (Å²) in [5.74, 6) is 0.859. The monoisotopic (exact) mass is 542 g/mol. The first-order valence-corrected chi connectivity index (χ1v) is 10.5. The van der Waals surface area contributed by atoms with Crippen LogP contribution in [0.4, 0.5) is 13.9 Å². The van der Waals surface area contributed by atoms with E-state index >= 15 is 0 Å². The molecule has 30 heavy (non-hydrogen) atoms. The van der Waals surface area contributed by atoms with Crippen molar-refractivity contribution < 1.29 is 27.5 Å². The molecule has 2 aromatic carbocycles. The van der Waals surface area contributed by atoms with Gasteiger partial charge in [-0.1, -0.05) is 11.3 Å². The van der Waals surface area contributed by atoms with Gasteiger partial charge in [0, 0.05) is 3.57 Å². The number of nitrogens with zero attached hydrogens (tertiary/aromatic N) is 1. The van der Waals surface area contributed by atoms with E-state index in [0.717, 1.165) is 14.9 Å². The molecule has 4 aromatic rings. The van der Waals surface area contributed by atoms with Gasteiger partial charge in [0.2, 0.25) is 0 Å². The number of fused-ring (bicyclic) bond motifs is 1. The SMILES string of the molecule is O=C(Nc1nc2ccc(OC(F)F)cc2s1)c1ccc(COc2ccc(I)cc2)o1. The lowest BCUT2D eigenvalue weighted by molar-refractivity contribution is -0.0497. The van der Waals surface area contributed by atoms with Crippen molar-refractivity contribution in [1.29, 1.82) is 0 Å². The maximum absolute atomic E-state index is 12.4. The van der Waals surface area contributed by atoms with E-state index < -0.39 is 12.5 Å². The van der Waals surface area contributed by atoms with Crippen LogP contribution in [0, 0.1) is 3.57 Å². The number of rotatable bonds is 7. The summed E-state index contributed by atoms with van der Waals surface area (Å²) >= 11 is 3.35. The van der Waals surface area contributed by atoms with Gasteiger partial charge in [-0.25, -0.2) is 4.98 Å². The molecule has 0 saturated carbocycles. The summed E-state index contributed by atoms with van der Waals surface area (Å²) < 4.78 is 41.9. The van der Waals surface area contributed by atoms with Crippen LogP contribution in [0.2, 0.25) is 0 Å². The van der Waals surface area contributed by atoms with Crippen LogP contribution >= 0.6 is 33.9 Å². The topological polar surface area (TPSA) is 73.6 Å². The number of anilines is 1. The molecule has 154 valence electrons. The van der Waals surface area contributed by atoms with Crippen molar-refractivity contribution in [1.82, 2.24) is 4.98 Å². The lowest BCUT2D eigenvalue weighted by Crippen LogP contribution is -2.10. The van der Waals surface area contributed by atoms with Crippen molar-refractivity contribution in [2.45, 2.75) is 13.2 Å². The van der Waals surface area contributed by atoms with E-state index in [9.17, 15) is 13.6 Å². The van der Waals surface area contributed by atoms with Gasteiger partial charge in [-0.05, 0) is 77.2 Å². The molecular formula is C20H13F2IN2O4S. The van der Waals surface area contributed by atoms with Crippen LogP contribution in [0.5, 0.6) is 11.5 Å². The summed E-state index contributed by atoms with van der Waals surface area (Å²) in [6, 6.07) is 15.2. The first kappa shape index (κ1) is 20.5. The number of furan rings is 1. The van der Waals surface area contributed by atoms with E-state index in [-0.39, 0.29) is 18.1 Å². The number of benzene rings is 2. The molecule has 0 unspecified atom stereocenters. The Hall–Kier alpha value is -2.73. The Morgan fingerprint density at radius 2 is 1.90 bits per heavy atom. The Morgan fingerprint density at radius 1 is 1.13 bits per heavy atom. The van der Waals surface area contributed by atoms with Crippen molar-refractivity contribution >= 4 is 55.2 Å². The maximum Gasteiger partial charge on any atom is 0.387 e. The van der Waals surface area contributed by atoms with Gasteiger partial charge in [-0.15, -0.1) is 0 Å². The molecule has 6 nitrogen and oxygen atoms in total. The Kier molecular flexibility index (Phi) is 6.13. The molecule has 0 bridgehead atoms. The summed E-state index contributed by atoms with van der Waals surface area (Å²) in [6.07, 6.45) is 0. The van der Waals surface area contributed by atoms with E-state index in [1.54, 1.807) is 18.2 Å². The van der Waals surface area contributed by atoms with Crippen molar-refractivity contribution in [2.24, 2.45) is 0 Å². The molecule has 0 fully saturated rings. The lowest BCUT2D eigenvalue weighted by Gasteiger charge is -2.04. The molecule has 0 saturated heterocycles. The normalized spacial score (nSPS) is 11.1. The predicted molar refractivity (Wildman–Crippen MR) is 116 cm³/mol. The number of alkyl halides is 2. The number of carbonyl (C=O) groups is 1. The molecule has 1 N–H and O–H groups in total. The van der Waals surface area contributed by atoms with Crippen molar-refractivity contribution in [3.05, 3.63) is 69.7 Å². The zero-order valence-electron chi connectivity index (χ0n) is 15.1. The van der Waals surface area contributed by atoms with Gasteiger partial charge >= 0.3 is 6.61 Å². The van der Waals surface area contributed by atoms with E-state index in [4.69, 9.17) is 9.15 Å². The standard InChI is InChI=1S/C20H13F2IN2O4S/c21-19(22)29-13-5-7-15-17(9-13)30-20(24-15)25-18(26)16-8-6-14(28-16)10-27-12-3-1-11(23)2-4-12/h1-9,19H,10H2,(H,24,25,26). The Bertz CT molecular complexity index is 1180. The predicted octanol–water partition coefficient (Wildman–Crippen LogP) is 5.93. The molecule has 0 aliphatic heterocycles. The van der Waals surface area contributed by atoms with Gasteiger partial charge in [-0.3, -0.25) is 10.1 Å². The average Bonchev–Trinajstić information content (AvgIpc) is 3.33. The highest BCUT2D eigenvalue weighted by Crippen LogP contribution is 2.30. The molecule has 2 heterocycles. The number of nitrogens with one attached hydrogen (secondary N) is 1. The highest BCUT2D eigenvalue weighted by Gasteiger charge is 2.15. The fraction of sp³-hybridized carbons (Fsp3) is 0.100. The Morgan fingerprint density at radius 3 is 2.67 bits per heavy atom. The van der Waals surface area contributed by atoms with Crippen LogP contribution in [-0.2, 0) is 6.61 Å². The minimum atomic E-state index is -2.91. The number of hydrogen-bond donors (Lipinski definition) is 1. The second kappa shape index (κ2) is 8.96. The van der Waals surface area contributed by atoms with Gasteiger partial charge in [-0.2, -0.15) is 8.78 Å². The molecule has 0 radical (unpaired) electrons. The number of ether oxygens (including phenoxy) is 2. The second-order valence-electron chi connectivity index (χ2n) is 5.99. The summed E-state index contributed by atoms with van der Waals surface area (Å²) in [5, 5.41) is 2.96. The smallest absolute Gasteiger partial charge is 0.387 e. The van der Waals surface area contributed by atoms with Crippen molar-refractivity contribution in [3.63, 3.8) is 0 Å². The van der Waals surface area contributed by atoms with Gasteiger partial charge < -0.3 is 13.9 Å². The molecule has 10 heteroatoms. The lowest BCUT2D eigenvalue weighted by atomic mass is 10.3. The highest BCUT2D eigenvalue weighted by atomic mass is 127. The summed E-state index contributed by atoms with van der Waals surface area (Å²) in [6.45, 7) is -2.72. The average molecular weight is 542 g/mol. The van der Waals surface area contributed by atoms with Gasteiger partial charge in [0.05, 0.1) is 10.2 Å². The molecule has 4 rings (SSSR count). The third-order valence-electron chi connectivity index (χ3n) is 3.89. The molecule has 0 spiro atoms. The van der Waals surface area contributed by atoms with Crippen LogP contribution < -0.4 is 14.8 Å². The van der Waals surface area contributed by atoms with Crippen LogP contribution in [0.25, 0.3) is 10.2 Å². The number of hydrogen-bond acceptors (Lipinski definition) is 6. The van der Waals surface area contributed by atoms with Crippen LogP contribution in [0.3, 0.4) is 0 Å². The molecule has 2 aromatic heterocycles. The zero-order valence-corrected chi connectivity index (χ0v) is 18.1. The minimum absolute atomic E-state index is 0.0304. The molecule has 0 aliphatic carbocycles. The van der Waals surface area contributed by atoms with E-state index in [1.807, 2.05) is 24.3 Å². The highest BCUT2D eigenvalue weighted by molar-refractivity contribution is 14.1. The summed E-state index contributed by atoms with van der Waals surface area (Å²) in [5.41, 5.74) is 0.558. The fourth-order valence-corrected chi connectivity index (χ4v) is 3.81. The first-order chi connectivity index (χ1) is 14.5. The van der Waals surface area contributed by atoms with Crippen LogP contribution in [-0.4, -0.2) is 17.5 Å². The van der Waals surface area contributed by atoms with E-state index in [0.29, 0.717) is 26.9 Å². The second-order valence-corrected chi connectivity index (χ2v) is 8.27. The van der Waals surface area contributed by atoms with E-state index in [1.165, 1.54) is 12.1 Å². The Labute approximate surface area is 187 Å². The largest absolute Gasteiger partial charge is 0.486 e. The third kappa shape index (κ3) is 5.05. The molecular weight excluding hydrogens is 529 g/mol. The third-order valence-corrected chi connectivity index (χ3v) is 5.54. The molecule has 0 atom stereocenters. The number of amides is 1. The number of aromatic nitrogens is 1. The van der Waals surface area contributed by atoms with Crippen LogP contribution in [0.15, 0.2) is 59.0 Å². The number of thiazole rings is 1. The summed E-state index contributed by atoms with van der Waals surface area (Å²) in [7, 11) is 0. The quantitative estimate of drug-likeness (QED) is 0.294. The zero-order chi connectivity index (χ0) is 21.1. The Balaban J connectivity index is 1.39. The minimum Gasteiger partial charge on any atom is -0.486 e. The molecule has 0 aliphatic rings.